The van der Waals surface area contributed by atoms with Crippen molar-refractivity contribution < 1.29 is 14.3 Å². The van der Waals surface area contributed by atoms with Crippen molar-refractivity contribution in [3.8, 4) is 6.07 Å². The molecule has 2 N–H and O–H groups in total. The molecule has 0 aliphatic heterocycles. The van der Waals surface area contributed by atoms with Crippen LogP contribution in [0.4, 0.5) is 10.5 Å². The number of alkyl carbamates (subject to hydrolysis) is 1. The van der Waals surface area contributed by atoms with Gasteiger partial charge in [-0.1, -0.05) is 18.2 Å². The first kappa shape index (κ1) is 16.2. The van der Waals surface area contributed by atoms with Gasteiger partial charge in [0.15, 0.2) is 0 Å². The molecule has 0 bridgehead atoms. The summed E-state index contributed by atoms with van der Waals surface area (Å²) in [6.07, 6.45) is 0.389. The highest BCUT2D eigenvalue weighted by Crippen LogP contribution is 2.19. The Labute approximate surface area is 123 Å². The Kier molecular flexibility index (Phi) is 5.96. The number of carbonyl (C=O) groups excluding carboxylic acids is 2. The summed E-state index contributed by atoms with van der Waals surface area (Å²) < 4.78 is 4.58. The minimum Gasteiger partial charge on any atom is -0.450 e. The first-order valence-corrected chi connectivity index (χ1v) is 6.40. The van der Waals surface area contributed by atoms with E-state index in [9.17, 15) is 9.59 Å². The van der Waals surface area contributed by atoms with E-state index in [0.29, 0.717) is 0 Å². The Bertz CT molecular complexity index is 595. The van der Waals surface area contributed by atoms with Crippen molar-refractivity contribution in [2.75, 3.05) is 11.9 Å². The molecule has 6 heteroatoms. The van der Waals surface area contributed by atoms with Crippen LogP contribution in [0.5, 0.6) is 0 Å². The van der Waals surface area contributed by atoms with Crippen LogP contribution >= 0.6 is 0 Å². The van der Waals surface area contributed by atoms with Gasteiger partial charge in [-0.15, -0.1) is 0 Å². The van der Waals surface area contributed by atoms with Crippen LogP contribution in [0.25, 0.3) is 0 Å². The van der Waals surface area contributed by atoms with E-state index < -0.39 is 12.0 Å². The zero-order valence-electron chi connectivity index (χ0n) is 12.2. The van der Waals surface area contributed by atoms with Crippen molar-refractivity contribution in [2.45, 2.75) is 20.8 Å². The van der Waals surface area contributed by atoms with Crippen molar-refractivity contribution in [3.63, 3.8) is 0 Å². The molecule has 0 aromatic heterocycles. The van der Waals surface area contributed by atoms with Crippen molar-refractivity contribution >= 4 is 17.7 Å². The van der Waals surface area contributed by atoms with E-state index in [-0.39, 0.29) is 12.2 Å². The lowest BCUT2D eigenvalue weighted by Crippen LogP contribution is -2.32. The fraction of sp³-hybridized carbons (Fsp3) is 0.267. The van der Waals surface area contributed by atoms with E-state index in [1.54, 1.807) is 13.0 Å². The highest BCUT2D eigenvalue weighted by molar-refractivity contribution is 6.05. The molecule has 1 aromatic carbocycles. The van der Waals surface area contributed by atoms with E-state index >= 15 is 0 Å². The first-order valence-electron chi connectivity index (χ1n) is 6.40. The lowest BCUT2D eigenvalue weighted by Gasteiger charge is -2.09. The minimum atomic E-state index is -0.879. The molecule has 0 heterocycles. The van der Waals surface area contributed by atoms with Gasteiger partial charge in [-0.25, -0.2) is 4.79 Å². The molecular formula is C15H17N3O3. The fourth-order valence-electron chi connectivity index (χ4n) is 1.66. The summed E-state index contributed by atoms with van der Waals surface area (Å²) in [5, 5.41) is 13.9. The number of hydrogen-bond donors (Lipinski definition) is 2. The average Bonchev–Trinajstić information content (AvgIpc) is 2.42. The molecule has 0 saturated heterocycles. The van der Waals surface area contributed by atoms with Crippen LogP contribution in [0.3, 0.4) is 0 Å². The minimum absolute atomic E-state index is 0.144. The maximum Gasteiger partial charge on any atom is 0.414 e. The lowest BCUT2D eigenvalue weighted by atomic mass is 10.1. The van der Waals surface area contributed by atoms with Gasteiger partial charge in [0.25, 0.3) is 5.91 Å². The molecule has 0 aliphatic carbocycles. The van der Waals surface area contributed by atoms with Gasteiger partial charge in [-0.2, -0.15) is 5.26 Å². The molecule has 0 atom stereocenters. The molecule has 0 fully saturated rings. The van der Waals surface area contributed by atoms with E-state index in [2.05, 4.69) is 10.1 Å². The Morgan fingerprint density at radius 2 is 1.95 bits per heavy atom. The predicted octanol–water partition coefficient (Wildman–Crippen LogP) is 2.40. The average molecular weight is 287 g/mol. The molecule has 1 aromatic rings. The van der Waals surface area contributed by atoms with Crippen LogP contribution in [0, 0.1) is 25.2 Å². The van der Waals surface area contributed by atoms with Gasteiger partial charge in [-0.3, -0.25) is 10.1 Å². The summed E-state index contributed by atoms with van der Waals surface area (Å²) in [6, 6.07) is 7.47. The zero-order valence-corrected chi connectivity index (χ0v) is 12.2. The number of nitrogens with zero attached hydrogens (tertiary/aromatic N) is 1. The molecule has 0 unspecified atom stereocenters. The Morgan fingerprint density at radius 3 is 2.48 bits per heavy atom. The normalized spacial score (nSPS) is 10.5. The lowest BCUT2D eigenvalue weighted by molar-refractivity contribution is -0.116. The second-order valence-electron chi connectivity index (χ2n) is 4.26. The third-order valence-electron chi connectivity index (χ3n) is 2.70. The number of hydrogen-bond acceptors (Lipinski definition) is 5. The maximum absolute atomic E-state index is 11.7. The third kappa shape index (κ3) is 4.66. The number of nitriles is 1. The largest absolute Gasteiger partial charge is 0.450 e. The summed E-state index contributed by atoms with van der Waals surface area (Å²) in [4.78, 5) is 22.9. The number of imide groups is 1. The second-order valence-corrected chi connectivity index (χ2v) is 4.26. The van der Waals surface area contributed by atoms with Crippen molar-refractivity contribution in [3.05, 3.63) is 41.1 Å². The van der Waals surface area contributed by atoms with Gasteiger partial charge >= 0.3 is 6.09 Å². The van der Waals surface area contributed by atoms with E-state index in [1.165, 1.54) is 6.20 Å². The van der Waals surface area contributed by atoms with Crippen molar-refractivity contribution in [1.82, 2.24) is 5.32 Å². The van der Waals surface area contributed by atoms with Gasteiger partial charge in [0.05, 0.1) is 6.61 Å². The second kappa shape index (κ2) is 7.70. The van der Waals surface area contributed by atoms with Gasteiger partial charge in [0.1, 0.15) is 11.6 Å². The van der Waals surface area contributed by atoms with Gasteiger partial charge < -0.3 is 10.1 Å². The highest BCUT2D eigenvalue weighted by atomic mass is 16.5. The Morgan fingerprint density at radius 1 is 1.33 bits per heavy atom. The summed E-state index contributed by atoms with van der Waals surface area (Å²) in [5.74, 6) is -0.810. The highest BCUT2D eigenvalue weighted by Gasteiger charge is 2.13. The maximum atomic E-state index is 11.7. The molecule has 21 heavy (non-hydrogen) atoms. The Hall–Kier alpha value is -2.81. The predicted molar refractivity (Wildman–Crippen MR) is 78.4 cm³/mol. The van der Waals surface area contributed by atoms with Gasteiger partial charge in [0, 0.05) is 11.9 Å². The first-order chi connectivity index (χ1) is 9.99. The summed E-state index contributed by atoms with van der Waals surface area (Å²) in [7, 11) is 0. The number of carbonyl (C=O) groups is 2. The Balaban J connectivity index is 2.83. The van der Waals surface area contributed by atoms with Gasteiger partial charge in [0.2, 0.25) is 0 Å². The quantitative estimate of drug-likeness (QED) is 0.655. The van der Waals surface area contributed by atoms with E-state index in [1.807, 2.05) is 37.4 Å². The van der Waals surface area contributed by atoms with Crippen molar-refractivity contribution in [2.24, 2.45) is 0 Å². The number of nitrogens with one attached hydrogen (secondary N) is 2. The van der Waals surface area contributed by atoms with Crippen LogP contribution in [0.15, 0.2) is 30.0 Å². The summed E-state index contributed by atoms with van der Waals surface area (Å²) in [5.41, 5.74) is 2.56. The van der Waals surface area contributed by atoms with Crippen molar-refractivity contribution in [1.29, 1.82) is 5.26 Å². The molecule has 0 radical (unpaired) electrons. The molecule has 2 amide bonds. The molecule has 0 aliphatic rings. The fourth-order valence-corrected chi connectivity index (χ4v) is 1.66. The smallest absolute Gasteiger partial charge is 0.414 e. The summed E-state index contributed by atoms with van der Waals surface area (Å²) in [6.45, 7) is 5.58. The molecular weight excluding hydrogens is 270 g/mol. The number of ether oxygens (including phenoxy) is 1. The van der Waals surface area contributed by atoms with Gasteiger partial charge in [-0.05, 0) is 31.9 Å². The molecule has 6 nitrogen and oxygen atoms in total. The number of rotatable bonds is 4. The van der Waals surface area contributed by atoms with E-state index in [0.717, 1.165) is 16.8 Å². The van der Waals surface area contributed by atoms with Crippen LogP contribution in [0.1, 0.15) is 18.1 Å². The number of para-hydroxylation sites is 1. The molecule has 1 rings (SSSR count). The zero-order chi connectivity index (χ0) is 15.8. The molecule has 110 valence electrons. The standard InChI is InChI=1S/C15H17N3O3/c1-4-21-15(20)18-14(19)12(8-16)9-17-13-10(2)6-5-7-11(13)3/h5-7,9,17H,4H2,1-3H3,(H,18,19,20). The van der Waals surface area contributed by atoms with Crippen LogP contribution < -0.4 is 10.6 Å². The molecule has 0 saturated carbocycles. The number of anilines is 1. The van der Waals surface area contributed by atoms with Crippen LogP contribution in [-0.4, -0.2) is 18.6 Å². The monoisotopic (exact) mass is 287 g/mol. The molecule has 0 spiro atoms. The topological polar surface area (TPSA) is 91.2 Å². The van der Waals surface area contributed by atoms with E-state index in [4.69, 9.17) is 5.26 Å². The number of amides is 2. The van der Waals surface area contributed by atoms with Crippen LogP contribution in [0.2, 0.25) is 0 Å². The third-order valence-corrected chi connectivity index (χ3v) is 2.70. The van der Waals surface area contributed by atoms with Crippen LogP contribution in [-0.2, 0) is 9.53 Å². The number of aryl methyl sites for hydroxylation is 2. The number of benzene rings is 1. The summed E-state index contributed by atoms with van der Waals surface area (Å²) >= 11 is 0. The SMILES string of the molecule is CCOC(=O)NC(=O)C(C#N)=CNc1c(C)cccc1C.